The maximum absolute atomic E-state index is 13.5. The lowest BCUT2D eigenvalue weighted by Gasteiger charge is -2.18. The summed E-state index contributed by atoms with van der Waals surface area (Å²) in [6, 6.07) is 5.23. The summed E-state index contributed by atoms with van der Waals surface area (Å²) in [6.07, 6.45) is 2.23. The number of aromatic nitrogens is 3. The first-order valence-electron chi connectivity index (χ1n) is 9.49. The van der Waals surface area contributed by atoms with Gasteiger partial charge in [0.1, 0.15) is 4.83 Å². The first-order chi connectivity index (χ1) is 14.8. The van der Waals surface area contributed by atoms with Crippen LogP contribution in [-0.4, -0.2) is 27.0 Å². The molecule has 0 aliphatic rings. The Kier molecular flexibility index (Phi) is 6.16. The van der Waals surface area contributed by atoms with Gasteiger partial charge in [-0.05, 0) is 37.1 Å². The average molecular weight is 493 g/mol. The molecular weight excluding hydrogens is 475 g/mol. The fourth-order valence-electron chi connectivity index (χ4n) is 3.25. The lowest BCUT2D eigenvalue weighted by molar-refractivity contribution is 0.0990. The molecule has 6 nitrogen and oxygen atoms in total. The van der Waals surface area contributed by atoms with Gasteiger partial charge in [0.2, 0.25) is 0 Å². The Morgan fingerprint density at radius 1 is 1.29 bits per heavy atom. The molecule has 0 aliphatic heterocycles. The van der Waals surface area contributed by atoms with Crippen molar-refractivity contribution in [3.63, 3.8) is 0 Å². The van der Waals surface area contributed by atoms with E-state index in [1.165, 1.54) is 33.6 Å². The summed E-state index contributed by atoms with van der Waals surface area (Å²) >= 11 is 14.9. The molecule has 3 aromatic heterocycles. The van der Waals surface area contributed by atoms with Crippen LogP contribution in [0, 0.1) is 6.92 Å². The lowest BCUT2D eigenvalue weighted by atomic mass is 10.2. The minimum Gasteiger partial charge on any atom is -0.302 e. The van der Waals surface area contributed by atoms with Crippen LogP contribution in [0.1, 0.15) is 28.6 Å². The van der Waals surface area contributed by atoms with Gasteiger partial charge in [-0.3, -0.25) is 14.5 Å². The maximum Gasteiger partial charge on any atom is 0.270 e. The van der Waals surface area contributed by atoms with E-state index in [0.29, 0.717) is 48.1 Å². The van der Waals surface area contributed by atoms with Crippen LogP contribution in [0.15, 0.2) is 34.7 Å². The Labute approximate surface area is 196 Å². The third kappa shape index (κ3) is 4.01. The van der Waals surface area contributed by atoms with Gasteiger partial charge in [0.25, 0.3) is 11.5 Å². The number of rotatable bonds is 5. The van der Waals surface area contributed by atoms with E-state index in [1.807, 2.05) is 18.4 Å². The largest absolute Gasteiger partial charge is 0.302 e. The summed E-state index contributed by atoms with van der Waals surface area (Å²) in [7, 11) is 1.65. The predicted molar refractivity (Wildman–Crippen MR) is 129 cm³/mol. The molecule has 0 aliphatic carbocycles. The van der Waals surface area contributed by atoms with Gasteiger partial charge in [-0.15, -0.1) is 22.7 Å². The molecule has 160 valence electrons. The number of benzene rings is 1. The van der Waals surface area contributed by atoms with E-state index >= 15 is 0 Å². The number of hydrogen-bond donors (Lipinski definition) is 0. The highest BCUT2D eigenvalue weighted by Crippen LogP contribution is 2.35. The SMILES string of the molecule is CCCN(C(=O)c1sc2ncn(C)c(=O)c2c1C)c1nc(-c2ccc(Cl)cc2Cl)cs1. The Balaban J connectivity index is 1.75. The van der Waals surface area contributed by atoms with Crippen molar-refractivity contribution in [2.75, 3.05) is 11.4 Å². The second-order valence-electron chi connectivity index (χ2n) is 6.99. The number of halogens is 2. The normalized spacial score (nSPS) is 11.3. The zero-order chi connectivity index (χ0) is 22.3. The Hall–Kier alpha value is -2.26. The molecule has 0 saturated heterocycles. The van der Waals surface area contributed by atoms with Crippen LogP contribution in [0.4, 0.5) is 5.13 Å². The molecule has 10 heteroatoms. The molecule has 0 fully saturated rings. The van der Waals surface area contributed by atoms with Crippen LogP contribution >= 0.6 is 45.9 Å². The summed E-state index contributed by atoms with van der Waals surface area (Å²) in [4.78, 5) is 37.7. The van der Waals surface area contributed by atoms with Crippen molar-refractivity contribution >= 4 is 67.1 Å². The van der Waals surface area contributed by atoms with Gasteiger partial charge >= 0.3 is 0 Å². The summed E-state index contributed by atoms with van der Waals surface area (Å²) in [5.41, 5.74) is 1.92. The van der Waals surface area contributed by atoms with E-state index in [0.717, 1.165) is 12.0 Å². The summed E-state index contributed by atoms with van der Waals surface area (Å²) in [6.45, 7) is 4.29. The predicted octanol–water partition coefficient (Wildman–Crippen LogP) is 5.79. The zero-order valence-corrected chi connectivity index (χ0v) is 20.1. The monoisotopic (exact) mass is 492 g/mol. The average Bonchev–Trinajstić information content (AvgIpc) is 3.34. The lowest BCUT2D eigenvalue weighted by Crippen LogP contribution is -2.31. The van der Waals surface area contributed by atoms with Gasteiger partial charge in [-0.1, -0.05) is 30.1 Å². The Morgan fingerprint density at radius 2 is 2.06 bits per heavy atom. The van der Waals surface area contributed by atoms with Crippen molar-refractivity contribution in [2.24, 2.45) is 7.05 Å². The van der Waals surface area contributed by atoms with E-state index < -0.39 is 0 Å². The number of thiazole rings is 1. The molecule has 1 amide bonds. The number of amides is 1. The van der Waals surface area contributed by atoms with Crippen LogP contribution in [0.5, 0.6) is 0 Å². The zero-order valence-electron chi connectivity index (χ0n) is 17.0. The third-order valence-electron chi connectivity index (χ3n) is 4.83. The van der Waals surface area contributed by atoms with E-state index in [4.69, 9.17) is 23.2 Å². The fraction of sp³-hybridized carbons (Fsp3) is 0.238. The molecule has 0 bridgehead atoms. The smallest absolute Gasteiger partial charge is 0.270 e. The van der Waals surface area contributed by atoms with Gasteiger partial charge in [-0.2, -0.15) is 0 Å². The number of nitrogens with zero attached hydrogens (tertiary/aromatic N) is 4. The second-order valence-corrected chi connectivity index (χ2v) is 9.67. The van der Waals surface area contributed by atoms with Gasteiger partial charge in [-0.25, -0.2) is 9.97 Å². The molecule has 0 N–H and O–H groups in total. The van der Waals surface area contributed by atoms with Gasteiger partial charge in [0, 0.05) is 29.6 Å². The minimum absolute atomic E-state index is 0.159. The number of carbonyl (C=O) groups excluding carboxylic acids is 1. The molecule has 1 aromatic carbocycles. The van der Waals surface area contributed by atoms with Crippen molar-refractivity contribution in [2.45, 2.75) is 20.3 Å². The molecule has 0 atom stereocenters. The van der Waals surface area contributed by atoms with Crippen LogP contribution in [0.25, 0.3) is 21.5 Å². The van der Waals surface area contributed by atoms with Crippen LogP contribution in [0.2, 0.25) is 10.0 Å². The van der Waals surface area contributed by atoms with E-state index in [9.17, 15) is 9.59 Å². The molecule has 31 heavy (non-hydrogen) atoms. The second kappa shape index (κ2) is 8.70. The number of hydrogen-bond acceptors (Lipinski definition) is 6. The van der Waals surface area contributed by atoms with Crippen LogP contribution in [0.3, 0.4) is 0 Å². The van der Waals surface area contributed by atoms with Gasteiger partial charge in [0.15, 0.2) is 5.13 Å². The minimum atomic E-state index is -0.187. The Bertz CT molecular complexity index is 1360. The highest BCUT2D eigenvalue weighted by molar-refractivity contribution is 7.21. The van der Waals surface area contributed by atoms with Crippen molar-refractivity contribution < 1.29 is 4.79 Å². The molecule has 0 saturated carbocycles. The highest BCUT2D eigenvalue weighted by Gasteiger charge is 2.26. The molecule has 0 unspecified atom stereocenters. The summed E-state index contributed by atoms with van der Waals surface area (Å²) < 4.78 is 1.42. The van der Waals surface area contributed by atoms with Crippen molar-refractivity contribution in [3.05, 3.63) is 60.7 Å². The summed E-state index contributed by atoms with van der Waals surface area (Å²) in [5.74, 6) is -0.187. The molecule has 4 rings (SSSR count). The number of carbonyl (C=O) groups is 1. The van der Waals surface area contributed by atoms with Gasteiger partial charge < -0.3 is 4.57 Å². The number of anilines is 1. The number of fused-ring (bicyclic) bond motifs is 1. The standard InChI is InChI=1S/C21H18Cl2N4O2S2/c1-4-7-27(21-25-15(9-30-21)13-6-5-12(22)8-14(13)23)20(29)17-11(2)16-18(31-17)24-10-26(3)19(16)28/h5-6,8-10H,4,7H2,1-3H3. The third-order valence-corrected chi connectivity index (χ3v) is 7.43. The van der Waals surface area contributed by atoms with Gasteiger partial charge in [0.05, 0.1) is 27.3 Å². The van der Waals surface area contributed by atoms with Crippen molar-refractivity contribution in [3.8, 4) is 11.3 Å². The topological polar surface area (TPSA) is 68.1 Å². The van der Waals surface area contributed by atoms with Crippen LogP contribution < -0.4 is 10.5 Å². The number of thiophene rings is 1. The van der Waals surface area contributed by atoms with Crippen LogP contribution in [-0.2, 0) is 7.05 Å². The van der Waals surface area contributed by atoms with E-state index in [2.05, 4.69) is 9.97 Å². The maximum atomic E-state index is 13.5. The Morgan fingerprint density at radius 3 is 2.77 bits per heavy atom. The number of aryl methyl sites for hydroxylation is 2. The van der Waals surface area contributed by atoms with E-state index in [-0.39, 0.29) is 11.5 Å². The van der Waals surface area contributed by atoms with E-state index in [1.54, 1.807) is 31.0 Å². The molecular formula is C21H18Cl2N4O2S2. The molecule has 0 radical (unpaired) electrons. The fourth-order valence-corrected chi connectivity index (χ4v) is 5.70. The first kappa shape index (κ1) is 22.0. The molecule has 4 aromatic rings. The molecule has 3 heterocycles. The van der Waals surface area contributed by atoms with Crippen molar-refractivity contribution in [1.29, 1.82) is 0 Å². The quantitative estimate of drug-likeness (QED) is 0.353. The van der Waals surface area contributed by atoms with Crippen molar-refractivity contribution in [1.82, 2.24) is 14.5 Å². The highest BCUT2D eigenvalue weighted by atomic mass is 35.5. The summed E-state index contributed by atoms with van der Waals surface area (Å²) in [5, 5.41) is 3.98. The first-order valence-corrected chi connectivity index (χ1v) is 11.9. The molecule has 0 spiro atoms.